The molecule has 0 unspecified atom stereocenters. The van der Waals surface area contributed by atoms with Gasteiger partial charge in [0.2, 0.25) is 0 Å². The summed E-state index contributed by atoms with van der Waals surface area (Å²) in [7, 11) is 1.78. The minimum Gasteiger partial charge on any atom is -0.350 e. The molecule has 3 N–H and O–H groups in total. The average Bonchev–Trinajstić information content (AvgIpc) is 2.44. The zero-order chi connectivity index (χ0) is 10.7. The number of hydrazone groups is 1. The van der Waals surface area contributed by atoms with Crippen LogP contribution in [0.4, 0.5) is 4.79 Å². The maximum Gasteiger partial charge on any atom is 0.332 e. The Kier molecular flexibility index (Phi) is 2.80. The van der Waals surface area contributed by atoms with Gasteiger partial charge in [-0.05, 0) is 13.8 Å². The number of amides is 2. The Morgan fingerprint density at radius 2 is 2.29 bits per heavy atom. The van der Waals surface area contributed by atoms with E-state index in [1.165, 1.54) is 0 Å². The number of hydrogen-bond acceptors (Lipinski definition) is 4. The lowest BCUT2D eigenvalue weighted by molar-refractivity contribution is 0.249. The molecular weight excluding hydrogens is 184 g/mol. The molecule has 0 bridgehead atoms. The van der Waals surface area contributed by atoms with Crippen molar-refractivity contribution in [2.24, 2.45) is 17.9 Å². The summed E-state index contributed by atoms with van der Waals surface area (Å²) in [5, 5.41) is 11.4. The second-order valence-electron chi connectivity index (χ2n) is 2.82. The molecule has 0 saturated carbocycles. The summed E-state index contributed by atoms with van der Waals surface area (Å²) in [6.07, 6.45) is 0. The van der Waals surface area contributed by atoms with Gasteiger partial charge in [-0.2, -0.15) is 5.10 Å². The van der Waals surface area contributed by atoms with Crippen LogP contribution in [0.1, 0.15) is 18.3 Å². The van der Waals surface area contributed by atoms with E-state index in [2.05, 4.69) is 20.8 Å². The third-order valence-electron chi connectivity index (χ3n) is 1.78. The molecule has 1 rings (SSSR count). The quantitative estimate of drug-likeness (QED) is 0.493. The number of aryl methyl sites for hydroxylation is 1. The van der Waals surface area contributed by atoms with Crippen molar-refractivity contribution in [1.29, 1.82) is 0 Å². The molecule has 1 aromatic heterocycles. The monoisotopic (exact) mass is 196 g/mol. The molecular formula is C7H12N6O. The smallest absolute Gasteiger partial charge is 0.332 e. The van der Waals surface area contributed by atoms with Gasteiger partial charge >= 0.3 is 6.03 Å². The first kappa shape index (κ1) is 10.2. The van der Waals surface area contributed by atoms with Crippen LogP contribution >= 0.6 is 0 Å². The third-order valence-corrected chi connectivity index (χ3v) is 1.78. The van der Waals surface area contributed by atoms with Gasteiger partial charge in [0, 0.05) is 7.05 Å². The van der Waals surface area contributed by atoms with E-state index in [4.69, 9.17) is 5.73 Å². The zero-order valence-electron chi connectivity index (χ0n) is 8.27. The van der Waals surface area contributed by atoms with Gasteiger partial charge in [0.25, 0.3) is 0 Å². The van der Waals surface area contributed by atoms with E-state index >= 15 is 0 Å². The van der Waals surface area contributed by atoms with Gasteiger partial charge in [-0.1, -0.05) is 5.21 Å². The standard InChI is InChI=1S/C7H12N6O/c1-4(9-11-7(8)14)6-5(2)13(3)12-10-6/h1-3H3,(H3,8,11,14). The van der Waals surface area contributed by atoms with Crippen LogP contribution in [-0.2, 0) is 7.05 Å². The molecule has 0 radical (unpaired) electrons. The lowest BCUT2D eigenvalue weighted by Gasteiger charge is -1.97. The highest BCUT2D eigenvalue weighted by Gasteiger charge is 2.08. The number of nitrogens with zero attached hydrogens (tertiary/aromatic N) is 4. The van der Waals surface area contributed by atoms with Gasteiger partial charge < -0.3 is 5.73 Å². The average molecular weight is 196 g/mol. The van der Waals surface area contributed by atoms with Gasteiger partial charge in [0.15, 0.2) is 0 Å². The van der Waals surface area contributed by atoms with Crippen LogP contribution in [-0.4, -0.2) is 26.7 Å². The highest BCUT2D eigenvalue weighted by Crippen LogP contribution is 2.02. The van der Waals surface area contributed by atoms with Crippen molar-refractivity contribution < 1.29 is 4.79 Å². The first-order chi connectivity index (χ1) is 6.52. The number of nitrogens with one attached hydrogen (secondary N) is 1. The van der Waals surface area contributed by atoms with Gasteiger partial charge in [-0.15, -0.1) is 5.10 Å². The fourth-order valence-electron chi connectivity index (χ4n) is 0.931. The predicted octanol–water partition coefficient (Wildman–Crippen LogP) is -0.484. The Labute approximate surface area is 81.0 Å². The van der Waals surface area contributed by atoms with Crippen molar-refractivity contribution in [3.05, 3.63) is 11.4 Å². The highest BCUT2D eigenvalue weighted by atomic mass is 16.2. The molecule has 0 atom stereocenters. The van der Waals surface area contributed by atoms with Gasteiger partial charge in [0.05, 0.1) is 11.4 Å². The van der Waals surface area contributed by atoms with E-state index in [9.17, 15) is 4.79 Å². The molecule has 0 aliphatic rings. The zero-order valence-corrected chi connectivity index (χ0v) is 8.27. The molecule has 0 aliphatic heterocycles. The molecule has 0 aliphatic carbocycles. The largest absolute Gasteiger partial charge is 0.350 e. The van der Waals surface area contributed by atoms with Crippen LogP contribution in [0.15, 0.2) is 5.10 Å². The highest BCUT2D eigenvalue weighted by molar-refractivity contribution is 5.98. The molecule has 14 heavy (non-hydrogen) atoms. The lowest BCUT2D eigenvalue weighted by atomic mass is 10.2. The minimum atomic E-state index is -0.703. The Balaban J connectivity index is 2.89. The number of carbonyl (C=O) groups excluding carboxylic acids is 1. The van der Waals surface area contributed by atoms with Crippen molar-refractivity contribution >= 4 is 11.7 Å². The number of carbonyl (C=O) groups is 1. The maximum absolute atomic E-state index is 10.4. The molecule has 7 heteroatoms. The van der Waals surface area contributed by atoms with Gasteiger partial charge in [-0.3, -0.25) is 4.68 Å². The SMILES string of the molecule is CC(=NNC(N)=O)c1nnn(C)c1C. The topological polar surface area (TPSA) is 98.2 Å². The fraction of sp³-hybridized carbons (Fsp3) is 0.429. The predicted molar refractivity (Wildman–Crippen MR) is 50.7 cm³/mol. The van der Waals surface area contributed by atoms with Crippen LogP contribution in [0.5, 0.6) is 0 Å². The van der Waals surface area contributed by atoms with Crippen molar-refractivity contribution in [2.45, 2.75) is 13.8 Å². The van der Waals surface area contributed by atoms with Crippen LogP contribution < -0.4 is 11.2 Å². The molecule has 2 amide bonds. The molecule has 0 aromatic carbocycles. The molecule has 1 aromatic rings. The summed E-state index contributed by atoms with van der Waals surface area (Å²) in [6.45, 7) is 3.57. The second kappa shape index (κ2) is 3.86. The Morgan fingerprint density at radius 3 is 2.71 bits per heavy atom. The van der Waals surface area contributed by atoms with Crippen LogP contribution in [0.25, 0.3) is 0 Å². The summed E-state index contributed by atoms with van der Waals surface area (Å²) >= 11 is 0. The number of rotatable bonds is 2. The summed E-state index contributed by atoms with van der Waals surface area (Å²) in [6, 6.07) is -0.703. The summed E-state index contributed by atoms with van der Waals surface area (Å²) in [4.78, 5) is 10.4. The molecule has 0 saturated heterocycles. The van der Waals surface area contributed by atoms with Crippen molar-refractivity contribution in [3.63, 3.8) is 0 Å². The first-order valence-corrected chi connectivity index (χ1v) is 3.98. The number of primary amides is 1. The van der Waals surface area contributed by atoms with E-state index in [0.29, 0.717) is 11.4 Å². The van der Waals surface area contributed by atoms with E-state index in [1.807, 2.05) is 6.92 Å². The van der Waals surface area contributed by atoms with Crippen molar-refractivity contribution in [2.75, 3.05) is 0 Å². The molecule has 76 valence electrons. The number of aromatic nitrogens is 3. The number of nitrogens with two attached hydrogens (primary N) is 1. The van der Waals surface area contributed by atoms with Gasteiger partial charge in [0.1, 0.15) is 5.69 Å². The third kappa shape index (κ3) is 2.06. The Bertz CT molecular complexity index is 380. The minimum absolute atomic E-state index is 0.564. The second-order valence-corrected chi connectivity index (χ2v) is 2.82. The fourth-order valence-corrected chi connectivity index (χ4v) is 0.931. The number of hydrogen-bond donors (Lipinski definition) is 2. The molecule has 0 fully saturated rings. The molecule has 1 heterocycles. The van der Waals surface area contributed by atoms with Crippen LogP contribution in [0.2, 0.25) is 0 Å². The summed E-state index contributed by atoms with van der Waals surface area (Å²) in [5.74, 6) is 0. The van der Waals surface area contributed by atoms with Crippen molar-refractivity contribution in [3.8, 4) is 0 Å². The van der Waals surface area contributed by atoms with E-state index in [0.717, 1.165) is 5.69 Å². The Morgan fingerprint density at radius 1 is 1.64 bits per heavy atom. The Hall–Kier alpha value is -1.92. The van der Waals surface area contributed by atoms with Gasteiger partial charge in [-0.25, -0.2) is 10.2 Å². The number of urea groups is 1. The summed E-state index contributed by atoms with van der Waals surface area (Å²) in [5.41, 5.74) is 9.07. The van der Waals surface area contributed by atoms with E-state index in [1.54, 1.807) is 18.7 Å². The van der Waals surface area contributed by atoms with E-state index < -0.39 is 6.03 Å². The molecule has 7 nitrogen and oxygen atoms in total. The maximum atomic E-state index is 10.4. The first-order valence-electron chi connectivity index (χ1n) is 3.98. The summed E-state index contributed by atoms with van der Waals surface area (Å²) < 4.78 is 1.62. The van der Waals surface area contributed by atoms with Crippen LogP contribution in [0.3, 0.4) is 0 Å². The normalized spacial score (nSPS) is 11.5. The van der Waals surface area contributed by atoms with E-state index in [-0.39, 0.29) is 0 Å². The molecule has 0 spiro atoms. The van der Waals surface area contributed by atoms with Crippen molar-refractivity contribution in [1.82, 2.24) is 20.4 Å². The lowest BCUT2D eigenvalue weighted by Crippen LogP contribution is -2.25. The van der Waals surface area contributed by atoms with Crippen LogP contribution in [0, 0.1) is 6.92 Å².